The van der Waals surface area contributed by atoms with Crippen LogP contribution in [0.5, 0.6) is 0 Å². The zero-order valence-electron chi connectivity index (χ0n) is 8.73. The highest BCUT2D eigenvalue weighted by molar-refractivity contribution is 4.97. The van der Waals surface area contributed by atoms with E-state index in [1.165, 1.54) is 51.7 Å². The molecule has 76 valence electrons. The van der Waals surface area contributed by atoms with Crippen LogP contribution in [0.3, 0.4) is 0 Å². The molecule has 0 aromatic rings. The maximum atomic E-state index is 3.65. The molecule has 1 atom stereocenters. The normalized spacial score (nSPS) is 31.6. The summed E-state index contributed by atoms with van der Waals surface area (Å²) in [6.45, 7) is 6.05. The first kappa shape index (κ1) is 9.47. The van der Waals surface area contributed by atoms with Gasteiger partial charge in [0, 0.05) is 5.54 Å². The van der Waals surface area contributed by atoms with Crippen molar-refractivity contribution < 1.29 is 0 Å². The number of hydrogen-bond acceptors (Lipinski definition) is 2. The van der Waals surface area contributed by atoms with Crippen molar-refractivity contribution >= 4 is 0 Å². The number of hydrogen-bond donors (Lipinski definition) is 2. The highest BCUT2D eigenvalue weighted by Crippen LogP contribution is 2.34. The van der Waals surface area contributed by atoms with E-state index in [9.17, 15) is 0 Å². The molecular weight excluding hydrogens is 160 g/mol. The first-order valence-corrected chi connectivity index (χ1v) is 5.74. The SMILES string of the molecule is CC1(NCCC2CCCNC2)CC1. The summed E-state index contributed by atoms with van der Waals surface area (Å²) in [7, 11) is 0. The molecule has 2 nitrogen and oxygen atoms in total. The van der Waals surface area contributed by atoms with Crippen molar-refractivity contribution in [3.63, 3.8) is 0 Å². The van der Waals surface area contributed by atoms with Crippen LogP contribution in [0.15, 0.2) is 0 Å². The van der Waals surface area contributed by atoms with Gasteiger partial charge in [0.1, 0.15) is 0 Å². The van der Waals surface area contributed by atoms with Crippen molar-refractivity contribution in [3.8, 4) is 0 Å². The van der Waals surface area contributed by atoms with Crippen LogP contribution in [0.1, 0.15) is 39.0 Å². The Morgan fingerprint density at radius 3 is 2.92 bits per heavy atom. The quantitative estimate of drug-likeness (QED) is 0.689. The van der Waals surface area contributed by atoms with Gasteiger partial charge >= 0.3 is 0 Å². The third kappa shape index (κ3) is 2.96. The highest BCUT2D eigenvalue weighted by Gasteiger charge is 2.36. The van der Waals surface area contributed by atoms with Gasteiger partial charge in [-0.3, -0.25) is 0 Å². The molecule has 1 aliphatic carbocycles. The predicted molar refractivity (Wildman–Crippen MR) is 55.9 cm³/mol. The Labute approximate surface area is 81.5 Å². The second kappa shape index (κ2) is 3.97. The zero-order chi connectivity index (χ0) is 9.15. The molecule has 2 heteroatoms. The van der Waals surface area contributed by atoms with Crippen LogP contribution in [-0.2, 0) is 0 Å². The van der Waals surface area contributed by atoms with Crippen molar-refractivity contribution in [1.82, 2.24) is 10.6 Å². The molecule has 1 unspecified atom stereocenters. The average Bonchev–Trinajstić information content (AvgIpc) is 2.86. The van der Waals surface area contributed by atoms with E-state index in [0.29, 0.717) is 5.54 Å². The minimum absolute atomic E-state index is 0.530. The van der Waals surface area contributed by atoms with E-state index in [1.54, 1.807) is 0 Å². The van der Waals surface area contributed by atoms with Crippen LogP contribution < -0.4 is 10.6 Å². The summed E-state index contributed by atoms with van der Waals surface area (Å²) in [6.07, 6.45) is 6.95. The summed E-state index contributed by atoms with van der Waals surface area (Å²) in [6, 6.07) is 0. The lowest BCUT2D eigenvalue weighted by atomic mass is 9.96. The van der Waals surface area contributed by atoms with E-state index in [-0.39, 0.29) is 0 Å². The molecule has 1 aliphatic heterocycles. The summed E-state index contributed by atoms with van der Waals surface area (Å²) in [5.41, 5.74) is 0.530. The fourth-order valence-corrected chi connectivity index (χ4v) is 2.11. The summed E-state index contributed by atoms with van der Waals surface area (Å²) in [5.74, 6) is 0.934. The van der Waals surface area contributed by atoms with E-state index in [1.807, 2.05) is 0 Å². The Kier molecular flexibility index (Phi) is 2.89. The van der Waals surface area contributed by atoms with E-state index in [0.717, 1.165) is 5.92 Å². The van der Waals surface area contributed by atoms with Crippen molar-refractivity contribution in [2.75, 3.05) is 19.6 Å². The maximum absolute atomic E-state index is 3.65. The van der Waals surface area contributed by atoms with Gasteiger partial charge in [-0.15, -0.1) is 0 Å². The van der Waals surface area contributed by atoms with Crippen LogP contribution in [0.4, 0.5) is 0 Å². The molecule has 0 radical (unpaired) electrons. The second-order valence-corrected chi connectivity index (χ2v) is 4.99. The van der Waals surface area contributed by atoms with Crippen molar-refractivity contribution in [2.24, 2.45) is 5.92 Å². The van der Waals surface area contributed by atoms with Crippen LogP contribution in [0.25, 0.3) is 0 Å². The Morgan fingerprint density at radius 1 is 1.46 bits per heavy atom. The lowest BCUT2D eigenvalue weighted by Crippen LogP contribution is -2.34. The molecule has 0 aromatic heterocycles. The van der Waals surface area contributed by atoms with Crippen LogP contribution in [-0.4, -0.2) is 25.2 Å². The van der Waals surface area contributed by atoms with Gasteiger partial charge in [0.2, 0.25) is 0 Å². The maximum Gasteiger partial charge on any atom is 0.0154 e. The number of piperidine rings is 1. The van der Waals surface area contributed by atoms with Gasteiger partial charge in [-0.1, -0.05) is 0 Å². The Balaban J connectivity index is 1.56. The molecule has 0 amide bonds. The smallest absolute Gasteiger partial charge is 0.0154 e. The zero-order valence-corrected chi connectivity index (χ0v) is 8.73. The first-order chi connectivity index (χ1) is 6.29. The minimum Gasteiger partial charge on any atom is -0.316 e. The third-order valence-electron chi connectivity index (χ3n) is 3.50. The summed E-state index contributed by atoms with van der Waals surface area (Å²) in [4.78, 5) is 0. The predicted octanol–water partition coefficient (Wildman–Crippen LogP) is 1.52. The molecule has 2 aliphatic rings. The third-order valence-corrected chi connectivity index (χ3v) is 3.50. The lowest BCUT2D eigenvalue weighted by Gasteiger charge is -2.23. The molecule has 0 aromatic carbocycles. The largest absolute Gasteiger partial charge is 0.316 e. The van der Waals surface area contributed by atoms with Gasteiger partial charge < -0.3 is 10.6 Å². The van der Waals surface area contributed by atoms with Crippen molar-refractivity contribution in [2.45, 2.75) is 44.6 Å². The molecule has 2 rings (SSSR count). The molecule has 0 spiro atoms. The van der Waals surface area contributed by atoms with Gasteiger partial charge in [0.05, 0.1) is 0 Å². The van der Waals surface area contributed by atoms with Gasteiger partial charge in [0.25, 0.3) is 0 Å². The summed E-state index contributed by atoms with van der Waals surface area (Å²) < 4.78 is 0. The van der Waals surface area contributed by atoms with Gasteiger partial charge in [0.15, 0.2) is 0 Å². The first-order valence-electron chi connectivity index (χ1n) is 5.74. The Hall–Kier alpha value is -0.0800. The van der Waals surface area contributed by atoms with E-state index in [2.05, 4.69) is 17.6 Å². The van der Waals surface area contributed by atoms with Crippen molar-refractivity contribution in [3.05, 3.63) is 0 Å². The molecule has 2 N–H and O–H groups in total. The molecule has 1 saturated heterocycles. The van der Waals surface area contributed by atoms with Crippen molar-refractivity contribution in [1.29, 1.82) is 0 Å². The fraction of sp³-hybridized carbons (Fsp3) is 1.00. The molecule has 1 saturated carbocycles. The van der Waals surface area contributed by atoms with Gasteiger partial charge in [-0.2, -0.15) is 0 Å². The van der Waals surface area contributed by atoms with E-state index in [4.69, 9.17) is 0 Å². The molecule has 2 fully saturated rings. The topological polar surface area (TPSA) is 24.1 Å². The van der Waals surface area contributed by atoms with Gasteiger partial charge in [-0.05, 0) is 64.6 Å². The lowest BCUT2D eigenvalue weighted by molar-refractivity contribution is 0.344. The van der Waals surface area contributed by atoms with E-state index >= 15 is 0 Å². The monoisotopic (exact) mass is 182 g/mol. The highest BCUT2D eigenvalue weighted by atomic mass is 15.0. The molecule has 0 bridgehead atoms. The number of rotatable bonds is 4. The summed E-state index contributed by atoms with van der Waals surface area (Å²) in [5, 5.41) is 7.12. The van der Waals surface area contributed by atoms with E-state index < -0.39 is 0 Å². The van der Waals surface area contributed by atoms with Crippen LogP contribution in [0, 0.1) is 5.92 Å². The summed E-state index contributed by atoms with van der Waals surface area (Å²) >= 11 is 0. The molecule has 1 heterocycles. The minimum atomic E-state index is 0.530. The molecular formula is C11H22N2. The Bertz CT molecular complexity index is 157. The average molecular weight is 182 g/mol. The standard InChI is InChI=1S/C11H22N2/c1-11(5-6-11)13-8-4-10-3-2-7-12-9-10/h10,12-13H,2-9H2,1H3. The van der Waals surface area contributed by atoms with Gasteiger partial charge in [-0.25, -0.2) is 0 Å². The van der Waals surface area contributed by atoms with Crippen LogP contribution in [0.2, 0.25) is 0 Å². The Morgan fingerprint density at radius 2 is 2.31 bits per heavy atom. The number of nitrogens with one attached hydrogen (secondary N) is 2. The fourth-order valence-electron chi connectivity index (χ4n) is 2.11. The molecule has 13 heavy (non-hydrogen) atoms. The second-order valence-electron chi connectivity index (χ2n) is 4.99. The van der Waals surface area contributed by atoms with Crippen LogP contribution >= 0.6 is 0 Å².